The summed E-state index contributed by atoms with van der Waals surface area (Å²) < 4.78 is 5.32. The molecular weight excluding hydrogens is 246 g/mol. The highest BCUT2D eigenvalue weighted by Crippen LogP contribution is 2.35. The van der Waals surface area contributed by atoms with Crippen molar-refractivity contribution in [1.82, 2.24) is 4.98 Å². The van der Waals surface area contributed by atoms with E-state index in [2.05, 4.69) is 23.4 Å². The number of nitrogens with two attached hydrogens (primary N) is 1. The zero-order valence-electron chi connectivity index (χ0n) is 11.0. The molecule has 0 spiro atoms. The molecule has 2 rings (SSSR count). The highest BCUT2D eigenvalue weighted by Gasteiger charge is 2.12. The van der Waals surface area contributed by atoms with Crippen LogP contribution in [0, 0.1) is 20.8 Å². The van der Waals surface area contributed by atoms with E-state index in [1.165, 1.54) is 0 Å². The molecule has 3 N–H and O–H groups in total. The lowest BCUT2D eigenvalue weighted by molar-refractivity contribution is 0.411. The molecule has 0 aliphatic carbocycles. The highest BCUT2D eigenvalue weighted by molar-refractivity contribution is 7.19. The largest absolute Gasteiger partial charge is 0.496 e. The van der Waals surface area contributed by atoms with Crippen LogP contribution in [-0.2, 0) is 0 Å². The van der Waals surface area contributed by atoms with Crippen LogP contribution in [0.5, 0.6) is 5.75 Å². The van der Waals surface area contributed by atoms with Crippen molar-refractivity contribution in [3.8, 4) is 16.3 Å². The standard InChI is InChI=1S/C13H17N3OS/c1-7-6-11(17-4)8(2)5-10(7)13-15-9(3)12(16-14)18-13/h5-6,16H,14H2,1-4H3. The van der Waals surface area contributed by atoms with Crippen LogP contribution in [0.4, 0.5) is 5.00 Å². The molecule has 1 heterocycles. The summed E-state index contributed by atoms with van der Waals surface area (Å²) >= 11 is 1.56. The van der Waals surface area contributed by atoms with E-state index in [0.29, 0.717) is 0 Å². The third kappa shape index (κ3) is 2.19. The molecule has 4 nitrogen and oxygen atoms in total. The summed E-state index contributed by atoms with van der Waals surface area (Å²) in [6.45, 7) is 6.04. The fourth-order valence-corrected chi connectivity index (χ4v) is 2.84. The summed E-state index contributed by atoms with van der Waals surface area (Å²) in [7, 11) is 1.69. The Hall–Kier alpha value is -1.59. The van der Waals surface area contributed by atoms with E-state index in [-0.39, 0.29) is 0 Å². The maximum absolute atomic E-state index is 5.46. The van der Waals surface area contributed by atoms with E-state index >= 15 is 0 Å². The van der Waals surface area contributed by atoms with Gasteiger partial charge >= 0.3 is 0 Å². The van der Waals surface area contributed by atoms with Crippen molar-refractivity contribution >= 4 is 16.3 Å². The molecular formula is C13H17N3OS. The van der Waals surface area contributed by atoms with Gasteiger partial charge < -0.3 is 10.2 Å². The number of hydrogen-bond acceptors (Lipinski definition) is 5. The first-order valence-electron chi connectivity index (χ1n) is 5.66. The third-order valence-corrected chi connectivity index (χ3v) is 4.02. The van der Waals surface area contributed by atoms with Gasteiger partial charge in [-0.1, -0.05) is 11.3 Å². The van der Waals surface area contributed by atoms with Gasteiger partial charge in [-0.05, 0) is 44.0 Å². The van der Waals surface area contributed by atoms with Crippen molar-refractivity contribution < 1.29 is 4.74 Å². The van der Waals surface area contributed by atoms with Crippen LogP contribution in [-0.4, -0.2) is 12.1 Å². The van der Waals surface area contributed by atoms with Crippen LogP contribution in [0.15, 0.2) is 12.1 Å². The second-order valence-electron chi connectivity index (χ2n) is 4.21. The Labute approximate surface area is 111 Å². The number of ether oxygens (including phenoxy) is 1. The Kier molecular flexibility index (Phi) is 3.54. The fourth-order valence-electron chi connectivity index (χ4n) is 1.89. The molecule has 0 atom stereocenters. The van der Waals surface area contributed by atoms with E-state index in [1.807, 2.05) is 19.9 Å². The second kappa shape index (κ2) is 4.96. The third-order valence-electron chi connectivity index (χ3n) is 2.90. The lowest BCUT2D eigenvalue weighted by Crippen LogP contribution is -2.05. The topological polar surface area (TPSA) is 60.2 Å². The molecule has 0 amide bonds. The van der Waals surface area contributed by atoms with Gasteiger partial charge in [0.05, 0.1) is 12.8 Å². The van der Waals surface area contributed by atoms with Crippen molar-refractivity contribution in [2.24, 2.45) is 5.84 Å². The van der Waals surface area contributed by atoms with Gasteiger partial charge in [0.2, 0.25) is 0 Å². The lowest BCUT2D eigenvalue weighted by atomic mass is 10.1. The lowest BCUT2D eigenvalue weighted by Gasteiger charge is -2.09. The van der Waals surface area contributed by atoms with Gasteiger partial charge in [-0.25, -0.2) is 10.8 Å². The maximum atomic E-state index is 5.46. The smallest absolute Gasteiger partial charge is 0.126 e. The van der Waals surface area contributed by atoms with Gasteiger partial charge in [-0.3, -0.25) is 0 Å². The SMILES string of the molecule is COc1cc(C)c(-c2nc(C)c(NN)s2)cc1C. The molecule has 1 aromatic heterocycles. The minimum Gasteiger partial charge on any atom is -0.496 e. The number of hydrogen-bond donors (Lipinski definition) is 2. The predicted octanol–water partition coefficient (Wildman–Crippen LogP) is 3.03. The monoisotopic (exact) mass is 263 g/mol. The van der Waals surface area contributed by atoms with Crippen LogP contribution < -0.4 is 16.0 Å². The molecule has 0 fully saturated rings. The predicted molar refractivity (Wildman–Crippen MR) is 76.1 cm³/mol. The number of hydrazine groups is 1. The average molecular weight is 263 g/mol. The Morgan fingerprint density at radius 1 is 1.22 bits per heavy atom. The molecule has 0 aliphatic heterocycles. The number of thiazole rings is 1. The quantitative estimate of drug-likeness (QED) is 0.660. The van der Waals surface area contributed by atoms with Crippen LogP contribution in [0.3, 0.4) is 0 Å². The number of nitrogens with one attached hydrogen (secondary N) is 1. The fraction of sp³-hybridized carbons (Fsp3) is 0.308. The number of aromatic nitrogens is 1. The van der Waals surface area contributed by atoms with Crippen molar-refractivity contribution in [1.29, 1.82) is 0 Å². The molecule has 0 bridgehead atoms. The normalized spacial score (nSPS) is 10.5. The molecule has 0 saturated carbocycles. The Morgan fingerprint density at radius 3 is 2.50 bits per heavy atom. The highest BCUT2D eigenvalue weighted by atomic mass is 32.1. The molecule has 96 valence electrons. The summed E-state index contributed by atoms with van der Waals surface area (Å²) in [5.74, 6) is 6.36. The molecule has 5 heteroatoms. The van der Waals surface area contributed by atoms with Gasteiger partial charge in [0.15, 0.2) is 0 Å². The van der Waals surface area contributed by atoms with E-state index < -0.39 is 0 Å². The van der Waals surface area contributed by atoms with E-state index in [1.54, 1.807) is 18.4 Å². The summed E-state index contributed by atoms with van der Waals surface area (Å²) in [6.07, 6.45) is 0. The zero-order chi connectivity index (χ0) is 13.3. The summed E-state index contributed by atoms with van der Waals surface area (Å²) in [5, 5.41) is 1.88. The van der Waals surface area contributed by atoms with Crippen LogP contribution >= 0.6 is 11.3 Å². The number of benzene rings is 1. The van der Waals surface area contributed by atoms with Crippen molar-refractivity contribution in [2.75, 3.05) is 12.5 Å². The number of nitrogens with zero attached hydrogens (tertiary/aromatic N) is 1. The van der Waals surface area contributed by atoms with Crippen molar-refractivity contribution in [2.45, 2.75) is 20.8 Å². The summed E-state index contributed by atoms with van der Waals surface area (Å²) in [6, 6.07) is 4.14. The van der Waals surface area contributed by atoms with Gasteiger partial charge in [0, 0.05) is 5.56 Å². The Morgan fingerprint density at radius 2 is 1.94 bits per heavy atom. The minimum atomic E-state index is 0.901. The Balaban J connectivity index is 2.53. The first kappa shape index (κ1) is 12.9. The number of methoxy groups -OCH3 is 1. The summed E-state index contributed by atoms with van der Waals surface area (Å²) in [5.41, 5.74) is 6.98. The van der Waals surface area contributed by atoms with Gasteiger partial charge in [0.25, 0.3) is 0 Å². The zero-order valence-corrected chi connectivity index (χ0v) is 11.8. The first-order valence-corrected chi connectivity index (χ1v) is 6.48. The molecule has 0 aliphatic rings. The first-order chi connectivity index (χ1) is 8.56. The van der Waals surface area contributed by atoms with E-state index in [0.717, 1.165) is 38.1 Å². The average Bonchev–Trinajstić information content (AvgIpc) is 2.72. The van der Waals surface area contributed by atoms with Gasteiger partial charge in [0.1, 0.15) is 15.8 Å². The van der Waals surface area contributed by atoms with Gasteiger partial charge in [-0.15, -0.1) is 0 Å². The van der Waals surface area contributed by atoms with Crippen LogP contribution in [0.2, 0.25) is 0 Å². The molecule has 1 aromatic carbocycles. The maximum Gasteiger partial charge on any atom is 0.126 e. The van der Waals surface area contributed by atoms with Crippen molar-refractivity contribution in [3.63, 3.8) is 0 Å². The molecule has 0 saturated heterocycles. The number of rotatable bonds is 3. The molecule has 0 unspecified atom stereocenters. The second-order valence-corrected chi connectivity index (χ2v) is 5.21. The Bertz CT molecular complexity index is 578. The minimum absolute atomic E-state index is 0.901. The van der Waals surface area contributed by atoms with Crippen molar-refractivity contribution in [3.05, 3.63) is 29.0 Å². The van der Waals surface area contributed by atoms with Gasteiger partial charge in [-0.2, -0.15) is 0 Å². The number of nitrogen functional groups attached to an aromatic ring is 1. The molecule has 2 aromatic rings. The van der Waals surface area contributed by atoms with E-state index in [9.17, 15) is 0 Å². The molecule has 0 radical (unpaired) electrons. The van der Waals surface area contributed by atoms with E-state index in [4.69, 9.17) is 10.6 Å². The number of anilines is 1. The molecule has 18 heavy (non-hydrogen) atoms. The van der Waals surface area contributed by atoms with Crippen LogP contribution in [0.1, 0.15) is 16.8 Å². The van der Waals surface area contributed by atoms with Crippen LogP contribution in [0.25, 0.3) is 10.6 Å². The summed E-state index contributed by atoms with van der Waals surface area (Å²) in [4.78, 5) is 4.54. The number of aryl methyl sites for hydroxylation is 3.